The number of ether oxygens (including phenoxy) is 1. The van der Waals surface area contributed by atoms with Crippen molar-refractivity contribution in [3.8, 4) is 16.9 Å². The number of fused-ring (bicyclic) bond motifs is 1. The highest BCUT2D eigenvalue weighted by atomic mass is 35.5. The third-order valence-corrected chi connectivity index (χ3v) is 5.85. The molecule has 4 rings (SSSR count). The van der Waals surface area contributed by atoms with E-state index in [0.717, 1.165) is 53.6 Å². The van der Waals surface area contributed by atoms with E-state index in [2.05, 4.69) is 0 Å². The Kier molecular flexibility index (Phi) is 5.57. The van der Waals surface area contributed by atoms with Gasteiger partial charge in [-0.2, -0.15) is 0 Å². The first-order valence-electron chi connectivity index (χ1n) is 9.50. The zero-order chi connectivity index (χ0) is 20.5. The Labute approximate surface area is 179 Å². The van der Waals surface area contributed by atoms with Crippen LogP contribution in [0.2, 0.25) is 10.0 Å². The Morgan fingerprint density at radius 1 is 1.14 bits per heavy atom. The molecule has 0 radical (unpaired) electrons. The molecule has 0 N–H and O–H groups in total. The summed E-state index contributed by atoms with van der Waals surface area (Å²) in [5.74, 6) is 0.693. The topological polar surface area (TPSA) is 42.7 Å². The van der Waals surface area contributed by atoms with Gasteiger partial charge < -0.3 is 14.1 Å². The number of hydrogen-bond acceptors (Lipinski definition) is 3. The second kappa shape index (κ2) is 8.13. The fourth-order valence-corrected chi connectivity index (χ4v) is 4.25. The fourth-order valence-electron chi connectivity index (χ4n) is 3.74. The van der Waals surface area contributed by atoms with E-state index in [1.165, 1.54) is 0 Å². The monoisotopic (exact) mass is 429 g/mol. The van der Waals surface area contributed by atoms with Crippen LogP contribution < -0.4 is 4.74 Å². The molecule has 150 valence electrons. The first kappa shape index (κ1) is 19.9. The van der Waals surface area contributed by atoms with Gasteiger partial charge in [0.15, 0.2) is 0 Å². The van der Waals surface area contributed by atoms with Crippen molar-refractivity contribution in [2.75, 3.05) is 20.2 Å². The van der Waals surface area contributed by atoms with Gasteiger partial charge in [0.05, 0.1) is 18.4 Å². The number of carbonyl (C=O) groups is 1. The van der Waals surface area contributed by atoms with Crippen LogP contribution in [0.5, 0.6) is 5.75 Å². The molecule has 0 aliphatic carbocycles. The SMILES string of the molecule is COc1cc2occ(-c3ccc(Cl)cc3Cl)c2cc1/C(C)=C/C(=O)N1CCCC1. The average Bonchev–Trinajstić information content (AvgIpc) is 3.37. The molecule has 0 unspecified atom stereocenters. The van der Waals surface area contributed by atoms with E-state index in [4.69, 9.17) is 32.4 Å². The molecule has 1 aliphatic rings. The van der Waals surface area contributed by atoms with Gasteiger partial charge >= 0.3 is 0 Å². The van der Waals surface area contributed by atoms with Crippen molar-refractivity contribution in [2.45, 2.75) is 19.8 Å². The summed E-state index contributed by atoms with van der Waals surface area (Å²) in [5.41, 5.74) is 4.07. The fraction of sp³-hybridized carbons (Fsp3) is 0.261. The van der Waals surface area contributed by atoms with Crippen LogP contribution in [0, 0.1) is 0 Å². The molecule has 1 saturated heterocycles. The molecule has 29 heavy (non-hydrogen) atoms. The minimum Gasteiger partial charge on any atom is -0.496 e. The number of carbonyl (C=O) groups excluding carboxylic acids is 1. The normalized spacial score (nSPS) is 14.6. The van der Waals surface area contributed by atoms with Gasteiger partial charge in [0.1, 0.15) is 11.3 Å². The van der Waals surface area contributed by atoms with Crippen molar-refractivity contribution in [1.82, 2.24) is 4.90 Å². The lowest BCUT2D eigenvalue weighted by Crippen LogP contribution is -2.25. The van der Waals surface area contributed by atoms with E-state index in [0.29, 0.717) is 21.4 Å². The van der Waals surface area contributed by atoms with E-state index < -0.39 is 0 Å². The van der Waals surface area contributed by atoms with Crippen molar-refractivity contribution < 1.29 is 13.9 Å². The van der Waals surface area contributed by atoms with Gasteiger partial charge in [-0.15, -0.1) is 0 Å². The predicted octanol–water partition coefficient (Wildman–Crippen LogP) is 6.44. The number of halogens is 2. The van der Waals surface area contributed by atoms with Crippen LogP contribution in [-0.4, -0.2) is 31.0 Å². The van der Waals surface area contributed by atoms with Gasteiger partial charge in [-0.3, -0.25) is 4.79 Å². The van der Waals surface area contributed by atoms with Gasteiger partial charge in [0, 0.05) is 52.3 Å². The molecule has 0 atom stereocenters. The van der Waals surface area contributed by atoms with E-state index in [-0.39, 0.29) is 5.91 Å². The number of hydrogen-bond donors (Lipinski definition) is 0. The average molecular weight is 430 g/mol. The highest BCUT2D eigenvalue weighted by Gasteiger charge is 2.19. The molecule has 1 aromatic heterocycles. The molecule has 1 fully saturated rings. The summed E-state index contributed by atoms with van der Waals surface area (Å²) < 4.78 is 11.3. The maximum atomic E-state index is 12.6. The molecule has 1 amide bonds. The Hall–Kier alpha value is -2.43. The molecular formula is C23H21Cl2NO3. The molecular weight excluding hydrogens is 409 g/mol. The van der Waals surface area contributed by atoms with Crippen LogP contribution in [0.3, 0.4) is 0 Å². The van der Waals surface area contributed by atoms with Gasteiger partial charge in [0.2, 0.25) is 5.91 Å². The van der Waals surface area contributed by atoms with Gasteiger partial charge in [-0.25, -0.2) is 0 Å². The van der Waals surface area contributed by atoms with Crippen LogP contribution >= 0.6 is 23.2 Å². The Morgan fingerprint density at radius 3 is 2.59 bits per heavy atom. The summed E-state index contributed by atoms with van der Waals surface area (Å²) in [6, 6.07) is 9.21. The number of amides is 1. The Morgan fingerprint density at radius 2 is 1.90 bits per heavy atom. The van der Waals surface area contributed by atoms with Crippen molar-refractivity contribution in [3.05, 3.63) is 58.3 Å². The first-order chi connectivity index (χ1) is 14.0. The summed E-state index contributed by atoms with van der Waals surface area (Å²) in [4.78, 5) is 14.4. The molecule has 2 heterocycles. The highest BCUT2D eigenvalue weighted by Crippen LogP contribution is 2.40. The summed E-state index contributed by atoms with van der Waals surface area (Å²) >= 11 is 12.4. The second-order valence-corrected chi connectivity index (χ2v) is 8.03. The number of benzene rings is 2. The van der Waals surface area contributed by atoms with Crippen LogP contribution in [0.1, 0.15) is 25.3 Å². The van der Waals surface area contributed by atoms with Crippen molar-refractivity contribution in [3.63, 3.8) is 0 Å². The lowest BCUT2D eigenvalue weighted by Gasteiger charge is -2.14. The molecule has 3 aromatic rings. The highest BCUT2D eigenvalue weighted by molar-refractivity contribution is 6.36. The second-order valence-electron chi connectivity index (χ2n) is 7.18. The van der Waals surface area contributed by atoms with Crippen molar-refractivity contribution in [1.29, 1.82) is 0 Å². The molecule has 0 bridgehead atoms. The molecule has 2 aromatic carbocycles. The molecule has 6 heteroatoms. The maximum Gasteiger partial charge on any atom is 0.246 e. The molecule has 0 spiro atoms. The minimum atomic E-state index is 0.0373. The number of methoxy groups -OCH3 is 1. The quantitative estimate of drug-likeness (QED) is 0.448. The molecule has 1 aliphatic heterocycles. The molecule has 0 saturated carbocycles. The van der Waals surface area contributed by atoms with E-state index in [1.54, 1.807) is 31.6 Å². The number of allylic oxidation sites excluding steroid dienone is 1. The largest absolute Gasteiger partial charge is 0.496 e. The van der Waals surface area contributed by atoms with Crippen LogP contribution in [0.4, 0.5) is 0 Å². The van der Waals surface area contributed by atoms with Crippen LogP contribution in [0.15, 0.2) is 47.1 Å². The number of rotatable bonds is 4. The van der Waals surface area contributed by atoms with Crippen LogP contribution in [0.25, 0.3) is 27.7 Å². The molecule has 4 nitrogen and oxygen atoms in total. The summed E-state index contributed by atoms with van der Waals surface area (Å²) in [7, 11) is 1.61. The summed E-state index contributed by atoms with van der Waals surface area (Å²) in [6.45, 7) is 3.56. The van der Waals surface area contributed by atoms with Crippen molar-refractivity contribution >= 4 is 45.7 Å². The lowest BCUT2D eigenvalue weighted by atomic mass is 9.99. The zero-order valence-corrected chi connectivity index (χ0v) is 17.8. The van der Waals surface area contributed by atoms with E-state index in [1.807, 2.05) is 30.0 Å². The minimum absolute atomic E-state index is 0.0373. The third-order valence-electron chi connectivity index (χ3n) is 5.30. The summed E-state index contributed by atoms with van der Waals surface area (Å²) in [6.07, 6.45) is 5.49. The first-order valence-corrected chi connectivity index (χ1v) is 10.3. The predicted molar refractivity (Wildman–Crippen MR) is 118 cm³/mol. The van der Waals surface area contributed by atoms with Gasteiger partial charge in [0.25, 0.3) is 0 Å². The Bertz CT molecular complexity index is 1110. The van der Waals surface area contributed by atoms with Crippen LogP contribution in [-0.2, 0) is 4.79 Å². The zero-order valence-electron chi connectivity index (χ0n) is 16.3. The van der Waals surface area contributed by atoms with E-state index in [9.17, 15) is 4.79 Å². The number of nitrogens with zero attached hydrogens (tertiary/aromatic N) is 1. The lowest BCUT2D eigenvalue weighted by molar-refractivity contribution is -0.124. The standard InChI is InChI=1S/C23H21Cl2NO3/c1-14(9-23(27)26-7-3-4-8-26)17-11-18-19(13-29-22(18)12-21(17)28-2)16-6-5-15(24)10-20(16)25/h5-6,9-13H,3-4,7-8H2,1-2H3/b14-9+. The number of likely N-dealkylation sites (tertiary alicyclic amines) is 1. The smallest absolute Gasteiger partial charge is 0.246 e. The van der Waals surface area contributed by atoms with Crippen molar-refractivity contribution in [2.24, 2.45) is 0 Å². The third kappa shape index (κ3) is 3.87. The van der Waals surface area contributed by atoms with Gasteiger partial charge in [-0.05, 0) is 43.5 Å². The maximum absolute atomic E-state index is 12.6. The van der Waals surface area contributed by atoms with E-state index >= 15 is 0 Å². The van der Waals surface area contributed by atoms with Gasteiger partial charge in [-0.1, -0.05) is 29.3 Å². The summed E-state index contributed by atoms with van der Waals surface area (Å²) in [5, 5.41) is 2.02. The Balaban J connectivity index is 1.80. The number of furan rings is 1.